The molecule has 4 nitrogen and oxygen atoms in total. The molecule has 1 heterocycles. The topological polar surface area (TPSA) is 55.7 Å². The number of esters is 1. The molecule has 1 unspecified atom stereocenters. The molecule has 1 aliphatic carbocycles. The Morgan fingerprint density at radius 3 is 2.41 bits per heavy atom. The van der Waals surface area contributed by atoms with E-state index in [1.165, 1.54) is 0 Å². The van der Waals surface area contributed by atoms with Crippen LogP contribution >= 0.6 is 27.5 Å². The highest BCUT2D eigenvalue weighted by atomic mass is 79.9. The van der Waals surface area contributed by atoms with Crippen molar-refractivity contribution in [2.75, 3.05) is 6.61 Å². The Bertz CT molecular complexity index is 1090. The quantitative estimate of drug-likeness (QED) is 0.421. The number of hydrogen-bond acceptors (Lipinski definition) is 4. The first-order valence-corrected chi connectivity index (χ1v) is 12.0. The van der Waals surface area contributed by atoms with Crippen LogP contribution in [0.3, 0.4) is 0 Å². The third-order valence-electron chi connectivity index (χ3n) is 6.16. The molecule has 4 rings (SSSR count). The van der Waals surface area contributed by atoms with Gasteiger partial charge in [-0.2, -0.15) is 0 Å². The van der Waals surface area contributed by atoms with E-state index in [2.05, 4.69) is 15.9 Å². The number of carbonyl (C=O) groups excluding carboxylic acids is 2. The molecule has 2 aromatic rings. The first kappa shape index (κ1) is 22.9. The molecular formula is C26H25BrClNO3. The number of hydrogen-bond donors (Lipinski definition) is 0. The smallest absolute Gasteiger partial charge is 0.315 e. The fraction of sp³-hybridized carbons (Fsp3) is 0.346. The number of aliphatic imine (C=N–C) groups is 1. The number of nitrogens with zero attached hydrogens (tertiary/aromatic N) is 1. The maximum absolute atomic E-state index is 13.5. The zero-order chi connectivity index (χ0) is 22.8. The highest BCUT2D eigenvalue weighted by Crippen LogP contribution is 2.47. The molecule has 6 heteroatoms. The molecule has 32 heavy (non-hydrogen) atoms. The molecule has 0 amide bonds. The number of allylic oxidation sites excluding steroid dienone is 2. The molecule has 3 atom stereocenters. The first-order valence-electron chi connectivity index (χ1n) is 10.9. The van der Waals surface area contributed by atoms with Crippen LogP contribution in [-0.4, -0.2) is 24.1 Å². The first-order chi connectivity index (χ1) is 15.4. The van der Waals surface area contributed by atoms with Gasteiger partial charge in [0.1, 0.15) is 5.92 Å². The average Bonchev–Trinajstić information content (AvgIpc) is 2.77. The molecule has 166 valence electrons. The van der Waals surface area contributed by atoms with Crippen molar-refractivity contribution in [3.63, 3.8) is 0 Å². The molecule has 1 aliphatic heterocycles. The van der Waals surface area contributed by atoms with Gasteiger partial charge in [-0.1, -0.05) is 58.7 Å². The summed E-state index contributed by atoms with van der Waals surface area (Å²) in [5, 5.41) is 0.672. The van der Waals surface area contributed by atoms with Gasteiger partial charge in [-0.05, 0) is 61.1 Å². The summed E-state index contributed by atoms with van der Waals surface area (Å²) in [5.74, 6) is -1.22. The van der Waals surface area contributed by atoms with Crippen LogP contribution in [0.5, 0.6) is 0 Å². The minimum atomic E-state index is -0.600. The monoisotopic (exact) mass is 513 g/mol. The largest absolute Gasteiger partial charge is 0.465 e. The average molecular weight is 515 g/mol. The van der Waals surface area contributed by atoms with Gasteiger partial charge in [0, 0.05) is 38.8 Å². The molecule has 0 bridgehead atoms. The van der Waals surface area contributed by atoms with Gasteiger partial charge in [-0.3, -0.25) is 14.6 Å². The Labute approximate surface area is 201 Å². The van der Waals surface area contributed by atoms with E-state index in [0.717, 1.165) is 27.7 Å². The fourth-order valence-electron chi connectivity index (χ4n) is 4.66. The number of ether oxygens (including phenoxy) is 1. The lowest BCUT2D eigenvalue weighted by Gasteiger charge is -2.36. The summed E-state index contributed by atoms with van der Waals surface area (Å²) in [6, 6.07) is 15.5. The Kier molecular flexibility index (Phi) is 6.96. The Hall–Kier alpha value is -2.24. The molecule has 0 aromatic heterocycles. The van der Waals surface area contributed by atoms with E-state index in [4.69, 9.17) is 21.3 Å². The molecule has 2 aromatic carbocycles. The lowest BCUT2D eigenvalue weighted by molar-refractivity contribution is -0.146. The molecule has 2 aliphatic rings. The van der Waals surface area contributed by atoms with Crippen molar-refractivity contribution in [2.24, 2.45) is 10.9 Å². The van der Waals surface area contributed by atoms with Gasteiger partial charge in [0.25, 0.3) is 0 Å². The summed E-state index contributed by atoms with van der Waals surface area (Å²) in [5.41, 5.74) is 4.13. The normalized spacial score (nSPS) is 22.9. The van der Waals surface area contributed by atoms with Crippen LogP contribution < -0.4 is 0 Å². The minimum absolute atomic E-state index is 0.0451. The van der Waals surface area contributed by atoms with Crippen molar-refractivity contribution in [3.05, 3.63) is 80.4 Å². The maximum Gasteiger partial charge on any atom is 0.315 e. The molecule has 0 spiro atoms. The van der Waals surface area contributed by atoms with Gasteiger partial charge in [0.05, 0.1) is 6.61 Å². The number of ketones is 1. The van der Waals surface area contributed by atoms with E-state index >= 15 is 0 Å². The lowest BCUT2D eigenvalue weighted by atomic mass is 9.69. The second-order valence-corrected chi connectivity index (χ2v) is 9.72. The number of rotatable bonds is 5. The predicted octanol–water partition coefficient (Wildman–Crippen LogP) is 6.63. The SMILES string of the molecule is CCCOC(=O)C1C(C)=NC2=C(C(=O)C[C@H](c3ccc(Cl)cc3)C2)[C@@H]1c1ccc(Br)cc1. The Morgan fingerprint density at radius 2 is 1.75 bits per heavy atom. The summed E-state index contributed by atoms with van der Waals surface area (Å²) in [7, 11) is 0. The molecular weight excluding hydrogens is 490 g/mol. The minimum Gasteiger partial charge on any atom is -0.465 e. The van der Waals surface area contributed by atoms with Crippen molar-refractivity contribution >= 4 is 45.0 Å². The Morgan fingerprint density at radius 1 is 1.09 bits per heavy atom. The van der Waals surface area contributed by atoms with Crippen molar-refractivity contribution in [1.82, 2.24) is 0 Å². The number of benzene rings is 2. The van der Waals surface area contributed by atoms with Gasteiger partial charge in [0.15, 0.2) is 5.78 Å². The lowest BCUT2D eigenvalue weighted by Crippen LogP contribution is -2.38. The summed E-state index contributed by atoms with van der Waals surface area (Å²) >= 11 is 9.52. The van der Waals surface area contributed by atoms with Crippen LogP contribution in [0.25, 0.3) is 0 Å². The van der Waals surface area contributed by atoms with Crippen LogP contribution in [0.15, 0.2) is 69.3 Å². The van der Waals surface area contributed by atoms with Crippen molar-refractivity contribution in [3.8, 4) is 0 Å². The van der Waals surface area contributed by atoms with Gasteiger partial charge in [-0.25, -0.2) is 0 Å². The number of Topliss-reactive ketones (excluding diaryl/α,β-unsaturated/α-hetero) is 1. The van der Waals surface area contributed by atoms with Crippen LogP contribution in [-0.2, 0) is 14.3 Å². The van der Waals surface area contributed by atoms with E-state index in [-0.39, 0.29) is 17.7 Å². The predicted molar refractivity (Wildman–Crippen MR) is 130 cm³/mol. The molecule has 0 fully saturated rings. The summed E-state index contributed by atoms with van der Waals surface area (Å²) < 4.78 is 6.46. The molecule has 0 saturated heterocycles. The Balaban J connectivity index is 1.76. The molecule has 0 N–H and O–H groups in total. The standard InChI is InChI=1S/C26H25BrClNO3/c1-3-12-32-26(31)23-15(2)29-21-13-18(16-6-10-20(28)11-7-16)14-22(30)25(21)24(23)17-4-8-19(27)9-5-17/h4-11,18,23-24H,3,12-14H2,1-2H3/t18-,23?,24-/m1/s1. The number of carbonyl (C=O) groups is 2. The third-order valence-corrected chi connectivity index (χ3v) is 6.94. The van der Waals surface area contributed by atoms with Crippen LogP contribution in [0.1, 0.15) is 56.1 Å². The fourth-order valence-corrected chi connectivity index (χ4v) is 5.05. The van der Waals surface area contributed by atoms with Crippen molar-refractivity contribution in [1.29, 1.82) is 0 Å². The van der Waals surface area contributed by atoms with Crippen LogP contribution in [0.4, 0.5) is 0 Å². The van der Waals surface area contributed by atoms with Crippen LogP contribution in [0, 0.1) is 5.92 Å². The van der Waals surface area contributed by atoms with Crippen molar-refractivity contribution in [2.45, 2.75) is 44.9 Å². The maximum atomic E-state index is 13.5. The second kappa shape index (κ2) is 9.72. The molecule has 0 saturated carbocycles. The van der Waals surface area contributed by atoms with Gasteiger partial charge < -0.3 is 4.74 Å². The van der Waals surface area contributed by atoms with E-state index in [0.29, 0.717) is 35.8 Å². The zero-order valence-electron chi connectivity index (χ0n) is 18.1. The second-order valence-electron chi connectivity index (χ2n) is 8.37. The highest BCUT2D eigenvalue weighted by Gasteiger charge is 2.44. The van der Waals surface area contributed by atoms with Crippen LogP contribution in [0.2, 0.25) is 5.02 Å². The van der Waals surface area contributed by atoms with E-state index < -0.39 is 11.8 Å². The molecule has 0 radical (unpaired) electrons. The summed E-state index contributed by atoms with van der Waals surface area (Å²) in [4.78, 5) is 31.4. The van der Waals surface area contributed by atoms with Gasteiger partial charge in [-0.15, -0.1) is 0 Å². The van der Waals surface area contributed by atoms with Crippen molar-refractivity contribution < 1.29 is 14.3 Å². The summed E-state index contributed by atoms with van der Waals surface area (Å²) in [6.07, 6.45) is 1.79. The number of halogens is 2. The van der Waals surface area contributed by atoms with Gasteiger partial charge >= 0.3 is 5.97 Å². The third kappa shape index (κ3) is 4.60. The van der Waals surface area contributed by atoms with E-state index in [9.17, 15) is 9.59 Å². The van der Waals surface area contributed by atoms with Gasteiger partial charge in [0.2, 0.25) is 0 Å². The zero-order valence-corrected chi connectivity index (χ0v) is 20.4. The highest BCUT2D eigenvalue weighted by molar-refractivity contribution is 9.10. The summed E-state index contributed by atoms with van der Waals surface area (Å²) in [6.45, 7) is 4.18. The van der Waals surface area contributed by atoms with E-state index in [1.54, 1.807) is 0 Å². The van der Waals surface area contributed by atoms with E-state index in [1.807, 2.05) is 62.4 Å².